The molecule has 1 aliphatic rings. The average Bonchev–Trinajstić information content (AvgIpc) is 2.65. The highest BCUT2D eigenvalue weighted by molar-refractivity contribution is 7.82. The van der Waals surface area contributed by atoms with Crippen molar-refractivity contribution >= 4 is 41.9 Å². The van der Waals surface area contributed by atoms with E-state index in [0.29, 0.717) is 11.4 Å². The minimum Gasteiger partial charge on any atom is -0.422 e. The Balaban J connectivity index is 2.10. The van der Waals surface area contributed by atoms with Gasteiger partial charge in [-0.3, -0.25) is 14.9 Å². The Bertz CT molecular complexity index is 545. The fourth-order valence-corrected chi connectivity index (χ4v) is 2.07. The fraction of sp³-hybridized carbons (Fsp3) is 0.250. The van der Waals surface area contributed by atoms with Gasteiger partial charge in [-0.2, -0.15) is 12.6 Å². The van der Waals surface area contributed by atoms with Crippen molar-refractivity contribution in [3.05, 3.63) is 24.3 Å². The fourth-order valence-electron chi connectivity index (χ4n) is 1.79. The molecule has 8 heteroatoms. The Morgan fingerprint density at radius 3 is 2.55 bits per heavy atom. The average molecular weight is 296 g/mol. The van der Waals surface area contributed by atoms with Crippen molar-refractivity contribution in [3.63, 3.8) is 0 Å². The SMILES string of the molecule is O=C(Nc1ccc(N2C(=O)CC(S)C2=O)cc1)OCO. The van der Waals surface area contributed by atoms with E-state index in [1.54, 1.807) is 0 Å². The van der Waals surface area contributed by atoms with Gasteiger partial charge in [0, 0.05) is 12.1 Å². The number of hydrogen-bond donors (Lipinski definition) is 3. The molecular formula is C12H12N2O5S. The minimum atomic E-state index is -0.802. The van der Waals surface area contributed by atoms with E-state index in [1.165, 1.54) is 24.3 Å². The number of anilines is 2. The molecule has 1 saturated heterocycles. The van der Waals surface area contributed by atoms with Crippen LogP contribution >= 0.6 is 12.6 Å². The summed E-state index contributed by atoms with van der Waals surface area (Å²) in [5.74, 6) is -0.672. The van der Waals surface area contributed by atoms with Crippen LogP contribution in [0.3, 0.4) is 0 Å². The third kappa shape index (κ3) is 2.91. The highest BCUT2D eigenvalue weighted by Crippen LogP contribution is 2.26. The van der Waals surface area contributed by atoms with Gasteiger partial charge in [-0.15, -0.1) is 0 Å². The summed E-state index contributed by atoms with van der Waals surface area (Å²) in [6, 6.07) is 6.08. The Labute approximate surface area is 119 Å². The number of rotatable bonds is 3. The number of nitrogens with zero attached hydrogens (tertiary/aromatic N) is 1. The molecule has 0 radical (unpaired) electrons. The number of carbonyl (C=O) groups is 3. The number of nitrogens with one attached hydrogen (secondary N) is 1. The number of carbonyl (C=O) groups excluding carboxylic acids is 3. The summed E-state index contributed by atoms with van der Waals surface area (Å²) < 4.78 is 4.30. The summed E-state index contributed by atoms with van der Waals surface area (Å²) in [6.07, 6.45) is -0.728. The van der Waals surface area contributed by atoms with E-state index in [2.05, 4.69) is 22.7 Å². The molecule has 0 aromatic heterocycles. The maximum Gasteiger partial charge on any atom is 0.413 e. The van der Waals surface area contributed by atoms with Gasteiger partial charge >= 0.3 is 6.09 Å². The smallest absolute Gasteiger partial charge is 0.413 e. The number of ether oxygens (including phenoxy) is 1. The van der Waals surface area contributed by atoms with Gasteiger partial charge in [0.15, 0.2) is 6.79 Å². The van der Waals surface area contributed by atoms with Gasteiger partial charge in [-0.1, -0.05) is 0 Å². The van der Waals surface area contributed by atoms with Crippen LogP contribution in [0, 0.1) is 0 Å². The van der Waals surface area contributed by atoms with E-state index < -0.39 is 18.1 Å². The Hall–Kier alpha value is -2.06. The second-order valence-electron chi connectivity index (χ2n) is 4.02. The molecule has 3 amide bonds. The maximum absolute atomic E-state index is 11.8. The van der Waals surface area contributed by atoms with Crippen LogP contribution < -0.4 is 10.2 Å². The molecule has 1 aliphatic heterocycles. The number of hydrogen-bond acceptors (Lipinski definition) is 6. The summed E-state index contributed by atoms with van der Waals surface area (Å²) >= 11 is 4.04. The molecule has 7 nitrogen and oxygen atoms in total. The van der Waals surface area contributed by atoms with Gasteiger partial charge in [-0.25, -0.2) is 9.69 Å². The molecule has 2 N–H and O–H groups in total. The summed E-state index contributed by atoms with van der Waals surface area (Å²) in [7, 11) is 0. The second kappa shape index (κ2) is 5.93. The van der Waals surface area contributed by atoms with E-state index in [0.717, 1.165) is 4.90 Å². The van der Waals surface area contributed by atoms with Crippen LogP contribution in [0.4, 0.5) is 16.2 Å². The van der Waals surface area contributed by atoms with Gasteiger partial charge in [0.1, 0.15) is 0 Å². The lowest BCUT2D eigenvalue weighted by atomic mass is 10.2. The molecule has 1 aromatic carbocycles. The zero-order valence-corrected chi connectivity index (χ0v) is 11.2. The van der Waals surface area contributed by atoms with Gasteiger partial charge < -0.3 is 9.84 Å². The Kier molecular flexibility index (Phi) is 4.26. The highest BCUT2D eigenvalue weighted by Gasteiger charge is 2.37. The molecular weight excluding hydrogens is 284 g/mol. The third-order valence-corrected chi connectivity index (χ3v) is 3.09. The second-order valence-corrected chi connectivity index (χ2v) is 4.64. The van der Waals surface area contributed by atoms with E-state index in [1.807, 2.05) is 0 Å². The lowest BCUT2D eigenvalue weighted by molar-refractivity contribution is -0.121. The lowest BCUT2D eigenvalue weighted by Gasteiger charge is -2.14. The van der Waals surface area contributed by atoms with Crippen LogP contribution in [0.5, 0.6) is 0 Å². The molecule has 0 spiro atoms. The van der Waals surface area contributed by atoms with Crippen LogP contribution in [0.25, 0.3) is 0 Å². The summed E-state index contributed by atoms with van der Waals surface area (Å²) in [5, 5.41) is 10.2. The topological polar surface area (TPSA) is 95.9 Å². The quantitative estimate of drug-likeness (QED) is 0.434. The standard InChI is InChI=1S/C12H12N2O5S/c15-6-19-12(18)13-7-1-3-8(4-2-7)14-10(16)5-9(20)11(14)17/h1-4,9,15,20H,5-6H2,(H,13,18). The first-order valence-corrected chi connectivity index (χ1v) is 6.24. The molecule has 106 valence electrons. The monoisotopic (exact) mass is 296 g/mol. The maximum atomic E-state index is 11.8. The van der Waals surface area contributed by atoms with Crippen molar-refractivity contribution in [3.8, 4) is 0 Å². The van der Waals surface area contributed by atoms with Crippen LogP contribution in [0.15, 0.2) is 24.3 Å². The van der Waals surface area contributed by atoms with Crippen LogP contribution in [-0.4, -0.2) is 35.1 Å². The zero-order valence-electron chi connectivity index (χ0n) is 10.3. The van der Waals surface area contributed by atoms with Crippen LogP contribution in [0.2, 0.25) is 0 Å². The van der Waals surface area contributed by atoms with E-state index in [9.17, 15) is 14.4 Å². The van der Waals surface area contributed by atoms with E-state index in [4.69, 9.17) is 5.11 Å². The predicted molar refractivity (Wildman–Crippen MR) is 73.5 cm³/mol. The molecule has 0 aliphatic carbocycles. The number of imide groups is 1. The molecule has 1 atom stereocenters. The van der Waals surface area contributed by atoms with Crippen molar-refractivity contribution < 1.29 is 24.2 Å². The largest absolute Gasteiger partial charge is 0.422 e. The van der Waals surface area contributed by atoms with Gasteiger partial charge in [0.25, 0.3) is 0 Å². The summed E-state index contributed by atoms with van der Waals surface area (Å²) in [5.41, 5.74) is 0.825. The first kappa shape index (κ1) is 14.4. The van der Waals surface area contributed by atoms with Crippen molar-refractivity contribution in [1.29, 1.82) is 0 Å². The molecule has 1 fully saturated rings. The van der Waals surface area contributed by atoms with Gasteiger partial charge in [0.2, 0.25) is 11.8 Å². The number of aliphatic hydroxyl groups is 1. The molecule has 20 heavy (non-hydrogen) atoms. The summed E-state index contributed by atoms with van der Waals surface area (Å²) in [6.45, 7) is -0.718. The van der Waals surface area contributed by atoms with Crippen molar-refractivity contribution in [2.24, 2.45) is 0 Å². The Morgan fingerprint density at radius 1 is 1.40 bits per heavy atom. The van der Waals surface area contributed by atoms with Crippen LogP contribution in [-0.2, 0) is 14.3 Å². The van der Waals surface area contributed by atoms with Crippen molar-refractivity contribution in [1.82, 2.24) is 0 Å². The lowest BCUT2D eigenvalue weighted by Crippen LogP contribution is -2.30. The highest BCUT2D eigenvalue weighted by atomic mass is 32.1. The predicted octanol–water partition coefficient (Wildman–Crippen LogP) is 0.747. The van der Waals surface area contributed by atoms with Crippen molar-refractivity contribution in [2.45, 2.75) is 11.7 Å². The normalized spacial score (nSPS) is 18.3. The number of benzene rings is 1. The van der Waals surface area contributed by atoms with Gasteiger partial charge in [0.05, 0.1) is 10.9 Å². The van der Waals surface area contributed by atoms with E-state index >= 15 is 0 Å². The van der Waals surface area contributed by atoms with E-state index in [-0.39, 0.29) is 18.2 Å². The number of aliphatic hydroxyl groups excluding tert-OH is 1. The third-order valence-electron chi connectivity index (χ3n) is 2.69. The Morgan fingerprint density at radius 2 is 2.05 bits per heavy atom. The number of amides is 3. The van der Waals surface area contributed by atoms with Crippen LogP contribution in [0.1, 0.15) is 6.42 Å². The summed E-state index contributed by atoms with van der Waals surface area (Å²) in [4.78, 5) is 35.6. The molecule has 1 heterocycles. The molecule has 2 rings (SSSR count). The number of thiol groups is 1. The molecule has 0 bridgehead atoms. The molecule has 0 saturated carbocycles. The first-order valence-electron chi connectivity index (χ1n) is 5.72. The molecule has 1 unspecified atom stereocenters. The zero-order chi connectivity index (χ0) is 14.7. The minimum absolute atomic E-state index is 0.0742. The first-order chi connectivity index (χ1) is 9.52. The van der Waals surface area contributed by atoms with Crippen molar-refractivity contribution in [2.75, 3.05) is 17.0 Å². The van der Waals surface area contributed by atoms with Gasteiger partial charge in [-0.05, 0) is 24.3 Å². The molecule has 1 aromatic rings.